The fourth-order valence-corrected chi connectivity index (χ4v) is 3.94. The van der Waals surface area contributed by atoms with E-state index in [0.717, 1.165) is 49.0 Å². The van der Waals surface area contributed by atoms with Crippen LogP contribution in [0.25, 0.3) is 10.2 Å². The Hall–Kier alpha value is -2.28. The Morgan fingerprint density at radius 2 is 1.64 bits per heavy atom. The topological polar surface area (TPSA) is 58.0 Å². The molecule has 1 aliphatic heterocycles. The Kier molecular flexibility index (Phi) is 4.03. The third kappa shape index (κ3) is 3.16. The van der Waals surface area contributed by atoms with Crippen molar-refractivity contribution < 1.29 is 0 Å². The SMILES string of the molecule is CC(C)(C)c1cc(N2CCN(c3ncnc4ccsc34)CC2)ncn1. The van der Waals surface area contributed by atoms with Crippen LogP contribution in [-0.4, -0.2) is 46.1 Å². The summed E-state index contributed by atoms with van der Waals surface area (Å²) in [7, 11) is 0. The Bertz CT molecular complexity index is 876. The molecule has 0 radical (unpaired) electrons. The number of thiophene rings is 1. The van der Waals surface area contributed by atoms with Crippen molar-refractivity contribution in [2.75, 3.05) is 36.0 Å². The molecule has 1 fully saturated rings. The molecular weight excluding hydrogens is 332 g/mol. The van der Waals surface area contributed by atoms with Gasteiger partial charge in [-0.25, -0.2) is 19.9 Å². The number of anilines is 2. The van der Waals surface area contributed by atoms with E-state index in [4.69, 9.17) is 0 Å². The number of piperazine rings is 1. The maximum absolute atomic E-state index is 4.53. The van der Waals surface area contributed by atoms with Gasteiger partial charge >= 0.3 is 0 Å². The van der Waals surface area contributed by atoms with Crippen molar-refractivity contribution in [3.05, 3.63) is 35.9 Å². The average molecular weight is 354 g/mol. The molecule has 0 aliphatic carbocycles. The van der Waals surface area contributed by atoms with Crippen LogP contribution in [0.3, 0.4) is 0 Å². The minimum atomic E-state index is 0.0330. The van der Waals surface area contributed by atoms with E-state index in [-0.39, 0.29) is 5.41 Å². The molecule has 7 heteroatoms. The number of aromatic nitrogens is 4. The average Bonchev–Trinajstić information content (AvgIpc) is 3.10. The van der Waals surface area contributed by atoms with Gasteiger partial charge in [-0.15, -0.1) is 11.3 Å². The summed E-state index contributed by atoms with van der Waals surface area (Å²) in [6, 6.07) is 4.17. The van der Waals surface area contributed by atoms with Crippen molar-refractivity contribution in [2.24, 2.45) is 0 Å². The zero-order valence-electron chi connectivity index (χ0n) is 14.8. The summed E-state index contributed by atoms with van der Waals surface area (Å²) < 4.78 is 1.17. The van der Waals surface area contributed by atoms with Crippen LogP contribution in [0.4, 0.5) is 11.6 Å². The molecule has 0 amide bonds. The molecule has 6 nitrogen and oxygen atoms in total. The Labute approximate surface area is 151 Å². The van der Waals surface area contributed by atoms with E-state index >= 15 is 0 Å². The van der Waals surface area contributed by atoms with Crippen molar-refractivity contribution in [3.8, 4) is 0 Å². The van der Waals surface area contributed by atoms with Crippen LogP contribution in [0.15, 0.2) is 30.2 Å². The normalized spacial score (nSPS) is 15.8. The van der Waals surface area contributed by atoms with E-state index < -0.39 is 0 Å². The monoisotopic (exact) mass is 354 g/mol. The minimum Gasteiger partial charge on any atom is -0.353 e. The fraction of sp³-hybridized carbons (Fsp3) is 0.444. The summed E-state index contributed by atoms with van der Waals surface area (Å²) in [5.74, 6) is 2.07. The molecule has 4 rings (SSSR count). The lowest BCUT2D eigenvalue weighted by Gasteiger charge is -2.36. The van der Waals surface area contributed by atoms with Crippen LogP contribution in [0.5, 0.6) is 0 Å². The summed E-state index contributed by atoms with van der Waals surface area (Å²) >= 11 is 1.71. The summed E-state index contributed by atoms with van der Waals surface area (Å²) in [6.07, 6.45) is 3.35. The van der Waals surface area contributed by atoms with Crippen LogP contribution in [-0.2, 0) is 5.41 Å². The van der Waals surface area contributed by atoms with Gasteiger partial charge in [0, 0.05) is 37.7 Å². The molecule has 130 valence electrons. The Morgan fingerprint density at radius 3 is 2.40 bits per heavy atom. The molecule has 4 heterocycles. The third-order valence-corrected chi connectivity index (χ3v) is 5.45. The molecule has 0 unspecified atom stereocenters. The number of rotatable bonds is 2. The van der Waals surface area contributed by atoms with Gasteiger partial charge in [0.15, 0.2) is 0 Å². The van der Waals surface area contributed by atoms with Crippen LogP contribution in [0.1, 0.15) is 26.5 Å². The molecule has 0 saturated carbocycles. The highest BCUT2D eigenvalue weighted by Crippen LogP contribution is 2.29. The second-order valence-corrected chi connectivity index (χ2v) is 8.23. The summed E-state index contributed by atoms with van der Waals surface area (Å²) in [6.45, 7) is 10.3. The molecule has 1 saturated heterocycles. The smallest absolute Gasteiger partial charge is 0.150 e. The van der Waals surface area contributed by atoms with Crippen molar-refractivity contribution in [2.45, 2.75) is 26.2 Å². The Morgan fingerprint density at radius 1 is 0.920 bits per heavy atom. The lowest BCUT2D eigenvalue weighted by molar-refractivity contribution is 0.564. The highest BCUT2D eigenvalue weighted by molar-refractivity contribution is 7.17. The van der Waals surface area contributed by atoms with E-state index in [0.29, 0.717) is 0 Å². The molecular formula is C18H22N6S. The van der Waals surface area contributed by atoms with Gasteiger partial charge in [0.25, 0.3) is 0 Å². The van der Waals surface area contributed by atoms with Gasteiger partial charge in [-0.05, 0) is 11.4 Å². The van der Waals surface area contributed by atoms with Crippen LogP contribution in [0, 0.1) is 0 Å². The van der Waals surface area contributed by atoms with Crippen LogP contribution < -0.4 is 9.80 Å². The molecule has 25 heavy (non-hydrogen) atoms. The quantitative estimate of drug-likeness (QED) is 0.705. The second kappa shape index (κ2) is 6.22. The molecule has 0 aromatic carbocycles. The van der Waals surface area contributed by atoms with E-state index in [1.807, 2.05) is 0 Å². The van der Waals surface area contributed by atoms with Crippen molar-refractivity contribution in [3.63, 3.8) is 0 Å². The molecule has 0 N–H and O–H groups in total. The van der Waals surface area contributed by atoms with E-state index in [2.05, 4.69) is 68.0 Å². The first kappa shape index (κ1) is 16.2. The van der Waals surface area contributed by atoms with E-state index in [1.165, 1.54) is 4.70 Å². The summed E-state index contributed by atoms with van der Waals surface area (Å²) in [5, 5.41) is 2.08. The molecule has 0 spiro atoms. The lowest BCUT2D eigenvalue weighted by atomic mass is 9.92. The number of hydrogen-bond donors (Lipinski definition) is 0. The zero-order valence-corrected chi connectivity index (χ0v) is 15.6. The summed E-state index contributed by atoms with van der Waals surface area (Å²) in [5.41, 5.74) is 2.14. The maximum atomic E-state index is 4.53. The van der Waals surface area contributed by atoms with Gasteiger partial charge < -0.3 is 9.80 Å². The van der Waals surface area contributed by atoms with Gasteiger partial charge in [0.1, 0.15) is 24.3 Å². The van der Waals surface area contributed by atoms with E-state index in [1.54, 1.807) is 24.0 Å². The molecule has 3 aromatic heterocycles. The van der Waals surface area contributed by atoms with Crippen molar-refractivity contribution in [1.29, 1.82) is 0 Å². The van der Waals surface area contributed by atoms with Crippen LogP contribution in [0.2, 0.25) is 0 Å². The van der Waals surface area contributed by atoms with Gasteiger partial charge in [-0.1, -0.05) is 20.8 Å². The third-order valence-electron chi connectivity index (χ3n) is 4.55. The maximum Gasteiger partial charge on any atom is 0.150 e. The van der Waals surface area contributed by atoms with Crippen molar-refractivity contribution >= 4 is 33.2 Å². The second-order valence-electron chi connectivity index (χ2n) is 7.32. The van der Waals surface area contributed by atoms with Crippen molar-refractivity contribution in [1.82, 2.24) is 19.9 Å². The lowest BCUT2D eigenvalue weighted by Crippen LogP contribution is -2.47. The van der Waals surface area contributed by atoms with Gasteiger partial charge in [-0.3, -0.25) is 0 Å². The first-order chi connectivity index (χ1) is 12.0. The van der Waals surface area contributed by atoms with Gasteiger partial charge in [-0.2, -0.15) is 0 Å². The highest BCUT2D eigenvalue weighted by Gasteiger charge is 2.23. The number of hydrogen-bond acceptors (Lipinski definition) is 7. The minimum absolute atomic E-state index is 0.0330. The molecule has 1 aliphatic rings. The summed E-state index contributed by atoms with van der Waals surface area (Å²) in [4.78, 5) is 22.5. The largest absolute Gasteiger partial charge is 0.353 e. The predicted molar refractivity (Wildman–Crippen MR) is 103 cm³/mol. The first-order valence-electron chi connectivity index (χ1n) is 8.53. The highest BCUT2D eigenvalue weighted by atomic mass is 32.1. The number of nitrogens with zero attached hydrogens (tertiary/aromatic N) is 6. The number of fused-ring (bicyclic) bond motifs is 1. The standard InChI is InChI=1S/C18H22N6S/c1-18(2,3)14-10-15(21-12-20-14)23-5-7-24(8-6-23)17-16-13(4-9-25-16)19-11-22-17/h4,9-12H,5-8H2,1-3H3. The fourth-order valence-electron chi connectivity index (χ4n) is 3.08. The molecule has 3 aromatic rings. The van der Waals surface area contributed by atoms with Gasteiger partial charge in [0.2, 0.25) is 0 Å². The molecule has 0 bridgehead atoms. The van der Waals surface area contributed by atoms with E-state index in [9.17, 15) is 0 Å². The Balaban J connectivity index is 1.51. The predicted octanol–water partition coefficient (Wildman–Crippen LogP) is 3.11. The first-order valence-corrected chi connectivity index (χ1v) is 9.41. The van der Waals surface area contributed by atoms with Gasteiger partial charge in [0.05, 0.1) is 15.9 Å². The zero-order chi connectivity index (χ0) is 17.4. The molecule has 0 atom stereocenters. The van der Waals surface area contributed by atoms with Crippen LogP contribution >= 0.6 is 11.3 Å².